The van der Waals surface area contributed by atoms with Crippen molar-refractivity contribution in [3.8, 4) is 0 Å². The van der Waals surface area contributed by atoms with E-state index in [4.69, 9.17) is 0 Å². The van der Waals surface area contributed by atoms with Crippen molar-refractivity contribution in [2.75, 3.05) is 18.4 Å². The van der Waals surface area contributed by atoms with Crippen molar-refractivity contribution in [2.24, 2.45) is 0 Å². The molecule has 0 atom stereocenters. The number of hydrogen-bond acceptors (Lipinski definition) is 2. The highest BCUT2D eigenvalue weighted by molar-refractivity contribution is 5.88. The number of hydrogen-bond donors (Lipinski definition) is 2. The topological polar surface area (TPSA) is 41.1 Å². The van der Waals surface area contributed by atoms with E-state index in [9.17, 15) is 4.79 Å². The van der Waals surface area contributed by atoms with Crippen LogP contribution in [-0.2, 0) is 4.79 Å². The molecule has 0 saturated carbocycles. The zero-order chi connectivity index (χ0) is 11.4. The summed E-state index contributed by atoms with van der Waals surface area (Å²) in [5.41, 5.74) is 3.41. The molecule has 0 bridgehead atoms. The summed E-state index contributed by atoms with van der Waals surface area (Å²) in [4.78, 5) is 10.9. The molecule has 0 spiro atoms. The fraction of sp³-hybridized carbons (Fsp3) is 0.308. The summed E-state index contributed by atoms with van der Waals surface area (Å²) in [5.74, 6) is -0.0358. The summed E-state index contributed by atoms with van der Waals surface area (Å²) in [6, 6.07) is 7.96. The summed E-state index contributed by atoms with van der Waals surface area (Å²) < 4.78 is 0. The van der Waals surface area contributed by atoms with Gasteiger partial charge in [0.1, 0.15) is 0 Å². The lowest BCUT2D eigenvalue weighted by Crippen LogP contribution is -2.21. The predicted octanol–water partition coefficient (Wildman–Crippen LogP) is 2.02. The van der Waals surface area contributed by atoms with Gasteiger partial charge in [-0.2, -0.15) is 0 Å². The molecule has 0 aromatic heterocycles. The van der Waals surface area contributed by atoms with Crippen LogP contribution in [0.2, 0.25) is 0 Å². The third-order valence-electron chi connectivity index (χ3n) is 2.60. The van der Waals surface area contributed by atoms with Gasteiger partial charge in [0.05, 0.1) is 0 Å². The molecule has 0 aliphatic carbocycles. The molecule has 2 rings (SSSR count). The van der Waals surface area contributed by atoms with Crippen molar-refractivity contribution >= 4 is 17.2 Å². The Morgan fingerprint density at radius 1 is 1.31 bits per heavy atom. The van der Waals surface area contributed by atoms with Crippen LogP contribution in [0.3, 0.4) is 0 Å². The largest absolute Gasteiger partial charge is 0.326 e. The fourth-order valence-electron chi connectivity index (χ4n) is 1.83. The van der Waals surface area contributed by atoms with E-state index in [1.54, 1.807) is 0 Å². The van der Waals surface area contributed by atoms with Crippen LogP contribution in [0.5, 0.6) is 0 Å². The van der Waals surface area contributed by atoms with Crippen LogP contribution in [-0.4, -0.2) is 19.0 Å². The van der Waals surface area contributed by atoms with Crippen molar-refractivity contribution in [1.82, 2.24) is 5.32 Å². The summed E-state index contributed by atoms with van der Waals surface area (Å²) in [7, 11) is 0. The van der Waals surface area contributed by atoms with Crippen molar-refractivity contribution in [2.45, 2.75) is 13.3 Å². The van der Waals surface area contributed by atoms with Crippen molar-refractivity contribution in [3.05, 3.63) is 35.9 Å². The Hall–Kier alpha value is -1.61. The van der Waals surface area contributed by atoms with Gasteiger partial charge in [-0.15, -0.1) is 0 Å². The highest BCUT2D eigenvalue weighted by Gasteiger charge is 2.05. The van der Waals surface area contributed by atoms with Crippen molar-refractivity contribution < 1.29 is 4.79 Å². The summed E-state index contributed by atoms with van der Waals surface area (Å²) in [5, 5.41) is 6.10. The van der Waals surface area contributed by atoms with Gasteiger partial charge in [0.25, 0.3) is 0 Å². The maximum atomic E-state index is 10.9. The highest BCUT2D eigenvalue weighted by atomic mass is 16.1. The maximum Gasteiger partial charge on any atom is 0.221 e. The number of nitrogens with one attached hydrogen (secondary N) is 2. The Labute approximate surface area is 95.6 Å². The smallest absolute Gasteiger partial charge is 0.221 e. The molecule has 3 heteroatoms. The fourth-order valence-corrected chi connectivity index (χ4v) is 1.83. The third-order valence-corrected chi connectivity index (χ3v) is 2.60. The van der Waals surface area contributed by atoms with Crippen LogP contribution < -0.4 is 10.6 Å². The molecular weight excluding hydrogens is 200 g/mol. The zero-order valence-electron chi connectivity index (χ0n) is 9.42. The molecule has 3 nitrogen and oxygen atoms in total. The summed E-state index contributed by atoms with van der Waals surface area (Å²) in [6.07, 6.45) is 3.35. The number of rotatable bonds is 2. The molecule has 16 heavy (non-hydrogen) atoms. The van der Waals surface area contributed by atoms with Gasteiger partial charge in [-0.3, -0.25) is 4.79 Å². The van der Waals surface area contributed by atoms with Gasteiger partial charge in [-0.1, -0.05) is 18.2 Å². The van der Waals surface area contributed by atoms with Gasteiger partial charge in [-0.05, 0) is 36.2 Å². The monoisotopic (exact) mass is 216 g/mol. The van der Waals surface area contributed by atoms with Crippen LogP contribution in [0.1, 0.15) is 18.9 Å². The summed E-state index contributed by atoms with van der Waals surface area (Å²) >= 11 is 0. The first-order chi connectivity index (χ1) is 7.75. The lowest BCUT2D eigenvalue weighted by Gasteiger charge is -2.14. The van der Waals surface area contributed by atoms with Gasteiger partial charge in [0.15, 0.2) is 0 Å². The van der Waals surface area contributed by atoms with E-state index in [-0.39, 0.29) is 5.91 Å². The molecule has 1 aromatic rings. The molecule has 1 heterocycles. The first-order valence-electron chi connectivity index (χ1n) is 5.53. The highest BCUT2D eigenvalue weighted by Crippen LogP contribution is 2.19. The number of anilines is 1. The standard InChI is InChI=1S/C13H16N2O/c1-10(16)15-13-6-4-11(5-7-13)12-3-2-8-14-9-12/h3-7,14H,2,8-9H2,1H3,(H,15,16). The van der Waals surface area contributed by atoms with E-state index in [1.807, 2.05) is 24.3 Å². The number of amides is 1. The molecule has 1 aliphatic rings. The minimum atomic E-state index is -0.0358. The molecule has 2 N–H and O–H groups in total. The molecule has 0 fully saturated rings. The maximum absolute atomic E-state index is 10.9. The van der Waals surface area contributed by atoms with E-state index in [1.165, 1.54) is 18.1 Å². The molecule has 1 aliphatic heterocycles. The Kier molecular flexibility index (Phi) is 3.37. The van der Waals surface area contributed by atoms with Crippen molar-refractivity contribution in [3.63, 3.8) is 0 Å². The van der Waals surface area contributed by atoms with Gasteiger partial charge in [0.2, 0.25) is 5.91 Å². The molecule has 0 unspecified atom stereocenters. The second kappa shape index (κ2) is 4.94. The molecule has 84 valence electrons. The van der Waals surface area contributed by atoms with Crippen LogP contribution in [0, 0.1) is 0 Å². The average Bonchev–Trinajstić information content (AvgIpc) is 2.30. The summed E-state index contributed by atoms with van der Waals surface area (Å²) in [6.45, 7) is 3.51. The van der Waals surface area contributed by atoms with Crippen LogP contribution >= 0.6 is 0 Å². The second-order valence-electron chi connectivity index (χ2n) is 3.95. The first kappa shape index (κ1) is 10.9. The van der Waals surface area contributed by atoms with Crippen LogP contribution in [0.4, 0.5) is 5.69 Å². The predicted molar refractivity (Wildman–Crippen MR) is 66.2 cm³/mol. The Balaban J connectivity index is 2.12. The van der Waals surface area contributed by atoms with Crippen molar-refractivity contribution in [1.29, 1.82) is 0 Å². The van der Waals surface area contributed by atoms with Gasteiger partial charge in [-0.25, -0.2) is 0 Å². The normalized spacial score (nSPS) is 15.4. The lowest BCUT2D eigenvalue weighted by atomic mass is 10.0. The Morgan fingerprint density at radius 3 is 2.62 bits per heavy atom. The molecule has 0 saturated heterocycles. The van der Waals surface area contributed by atoms with E-state index in [0.29, 0.717) is 0 Å². The molecular formula is C13H16N2O. The number of carbonyl (C=O) groups is 1. The quantitative estimate of drug-likeness (QED) is 0.794. The second-order valence-corrected chi connectivity index (χ2v) is 3.95. The zero-order valence-corrected chi connectivity index (χ0v) is 9.42. The minimum Gasteiger partial charge on any atom is -0.326 e. The number of benzene rings is 1. The van der Waals surface area contributed by atoms with Crippen LogP contribution in [0.15, 0.2) is 30.3 Å². The third kappa shape index (κ3) is 2.70. The van der Waals surface area contributed by atoms with E-state index in [2.05, 4.69) is 16.7 Å². The molecule has 0 radical (unpaired) electrons. The van der Waals surface area contributed by atoms with Gasteiger partial charge < -0.3 is 10.6 Å². The van der Waals surface area contributed by atoms with E-state index >= 15 is 0 Å². The van der Waals surface area contributed by atoms with Gasteiger partial charge in [0, 0.05) is 19.2 Å². The lowest BCUT2D eigenvalue weighted by molar-refractivity contribution is -0.114. The van der Waals surface area contributed by atoms with Gasteiger partial charge >= 0.3 is 0 Å². The number of carbonyl (C=O) groups excluding carboxylic acids is 1. The minimum absolute atomic E-state index is 0.0358. The molecule has 1 amide bonds. The van der Waals surface area contributed by atoms with E-state index < -0.39 is 0 Å². The Bertz CT molecular complexity index is 406. The average molecular weight is 216 g/mol. The first-order valence-corrected chi connectivity index (χ1v) is 5.53. The SMILES string of the molecule is CC(=O)Nc1ccc(C2=CCCNC2)cc1. The Morgan fingerprint density at radius 2 is 2.06 bits per heavy atom. The molecule has 1 aromatic carbocycles. The van der Waals surface area contributed by atoms with E-state index in [0.717, 1.165) is 25.2 Å². The van der Waals surface area contributed by atoms with Crippen LogP contribution in [0.25, 0.3) is 5.57 Å².